The van der Waals surface area contributed by atoms with E-state index in [1.54, 1.807) is 11.6 Å². The molecule has 0 fully saturated rings. The van der Waals surface area contributed by atoms with Crippen LogP contribution >= 0.6 is 0 Å². The van der Waals surface area contributed by atoms with Gasteiger partial charge in [-0.2, -0.15) is 0 Å². The monoisotopic (exact) mass is 241 g/mol. The van der Waals surface area contributed by atoms with Crippen LogP contribution in [0.5, 0.6) is 0 Å². The Morgan fingerprint density at radius 3 is 2.76 bits per heavy atom. The maximum atomic E-state index is 12.0. The van der Waals surface area contributed by atoms with Crippen LogP contribution in [0.3, 0.4) is 0 Å². The molecular weight excluding hydrogens is 226 g/mol. The highest BCUT2D eigenvalue weighted by Gasteiger charge is 2.20. The van der Waals surface area contributed by atoms with Gasteiger partial charge in [-0.15, -0.1) is 0 Å². The predicted octanol–water partition coefficient (Wildman–Crippen LogP) is -0.407. The molecule has 0 saturated carbocycles. The molecule has 0 unspecified atom stereocenters. The maximum Gasteiger partial charge on any atom is 0.323 e. The summed E-state index contributed by atoms with van der Waals surface area (Å²) in [6.07, 6.45) is 2.90. The zero-order valence-corrected chi connectivity index (χ0v) is 9.79. The number of aliphatic carboxylic acids is 1. The molecule has 7 heteroatoms. The summed E-state index contributed by atoms with van der Waals surface area (Å²) in [6, 6.07) is 0. The van der Waals surface area contributed by atoms with Gasteiger partial charge in [0.25, 0.3) is 5.91 Å². The molecule has 0 radical (unpaired) electrons. The molecule has 94 valence electrons. The molecule has 0 aromatic carbocycles. The number of amides is 1. The lowest BCUT2D eigenvalue weighted by atomic mass is 10.3. The van der Waals surface area contributed by atoms with Crippen molar-refractivity contribution < 1.29 is 19.4 Å². The molecule has 1 aromatic rings. The normalized spacial score (nSPS) is 10.2. The van der Waals surface area contributed by atoms with Crippen molar-refractivity contribution in [3.05, 3.63) is 18.2 Å². The molecule has 0 aliphatic rings. The van der Waals surface area contributed by atoms with E-state index >= 15 is 0 Å². The smallest absolute Gasteiger partial charge is 0.323 e. The Kier molecular flexibility index (Phi) is 4.65. The molecule has 1 rings (SSSR count). The van der Waals surface area contributed by atoms with Crippen molar-refractivity contribution in [3.63, 3.8) is 0 Å². The van der Waals surface area contributed by atoms with Crippen LogP contribution < -0.4 is 0 Å². The van der Waals surface area contributed by atoms with Crippen molar-refractivity contribution in [3.8, 4) is 0 Å². The number of imidazole rings is 1. The van der Waals surface area contributed by atoms with Crippen molar-refractivity contribution in [2.75, 3.05) is 26.8 Å². The molecule has 17 heavy (non-hydrogen) atoms. The standard InChI is InChI=1S/C10H15N3O4/c1-12-7-11-5-8(12)10(16)13(3-4-17-2)6-9(14)15/h5,7H,3-4,6H2,1-2H3,(H,14,15). The van der Waals surface area contributed by atoms with Crippen LogP contribution in [0.1, 0.15) is 10.5 Å². The minimum atomic E-state index is -1.06. The number of methoxy groups -OCH3 is 1. The van der Waals surface area contributed by atoms with E-state index in [4.69, 9.17) is 9.84 Å². The van der Waals surface area contributed by atoms with Crippen molar-refractivity contribution in [1.29, 1.82) is 0 Å². The zero-order valence-electron chi connectivity index (χ0n) is 9.79. The van der Waals surface area contributed by atoms with Crippen LogP contribution in [0, 0.1) is 0 Å². The number of nitrogens with zero attached hydrogens (tertiary/aromatic N) is 3. The average Bonchev–Trinajstić information content (AvgIpc) is 2.69. The molecule has 0 bridgehead atoms. The number of hydrogen-bond acceptors (Lipinski definition) is 4. The van der Waals surface area contributed by atoms with E-state index < -0.39 is 5.97 Å². The highest BCUT2D eigenvalue weighted by Crippen LogP contribution is 2.03. The quantitative estimate of drug-likeness (QED) is 0.732. The summed E-state index contributed by atoms with van der Waals surface area (Å²) in [5.41, 5.74) is 0.349. The average molecular weight is 241 g/mol. The molecule has 0 saturated heterocycles. The number of carboxylic acid groups (broad SMARTS) is 1. The summed E-state index contributed by atoms with van der Waals surface area (Å²) in [5.74, 6) is -1.43. The van der Waals surface area contributed by atoms with E-state index in [-0.39, 0.29) is 25.6 Å². The van der Waals surface area contributed by atoms with E-state index in [9.17, 15) is 9.59 Å². The first kappa shape index (κ1) is 13.2. The molecule has 1 aromatic heterocycles. The Balaban J connectivity index is 2.78. The lowest BCUT2D eigenvalue weighted by molar-refractivity contribution is -0.137. The number of aryl methyl sites for hydroxylation is 1. The van der Waals surface area contributed by atoms with Gasteiger partial charge in [0.2, 0.25) is 0 Å². The van der Waals surface area contributed by atoms with E-state index in [0.717, 1.165) is 0 Å². The topological polar surface area (TPSA) is 84.7 Å². The van der Waals surface area contributed by atoms with Crippen molar-refractivity contribution >= 4 is 11.9 Å². The van der Waals surface area contributed by atoms with Crippen molar-refractivity contribution in [1.82, 2.24) is 14.5 Å². The van der Waals surface area contributed by atoms with Gasteiger partial charge in [-0.1, -0.05) is 0 Å². The summed E-state index contributed by atoms with van der Waals surface area (Å²) in [7, 11) is 3.17. The summed E-state index contributed by atoms with van der Waals surface area (Å²) >= 11 is 0. The number of carboxylic acids is 1. The lowest BCUT2D eigenvalue weighted by Gasteiger charge is -2.20. The largest absolute Gasteiger partial charge is 0.480 e. The fourth-order valence-corrected chi connectivity index (χ4v) is 1.34. The van der Waals surface area contributed by atoms with E-state index in [1.807, 2.05) is 0 Å². The fourth-order valence-electron chi connectivity index (χ4n) is 1.34. The molecule has 7 nitrogen and oxygen atoms in total. The maximum absolute atomic E-state index is 12.0. The van der Waals surface area contributed by atoms with Gasteiger partial charge in [0.15, 0.2) is 0 Å². The minimum Gasteiger partial charge on any atom is -0.480 e. The number of aromatic nitrogens is 2. The van der Waals surface area contributed by atoms with Crippen LogP contribution in [0.15, 0.2) is 12.5 Å². The Hall–Kier alpha value is -1.89. The van der Waals surface area contributed by atoms with Crippen LogP contribution in [0.25, 0.3) is 0 Å². The third-order valence-corrected chi connectivity index (χ3v) is 2.21. The molecule has 1 amide bonds. The first-order chi connectivity index (χ1) is 8.06. The summed E-state index contributed by atoms with van der Waals surface area (Å²) < 4.78 is 6.39. The van der Waals surface area contributed by atoms with Gasteiger partial charge in [-0.25, -0.2) is 4.98 Å². The van der Waals surface area contributed by atoms with Crippen LogP contribution in [0.4, 0.5) is 0 Å². The number of rotatable bonds is 6. The zero-order chi connectivity index (χ0) is 12.8. The Morgan fingerprint density at radius 2 is 2.29 bits per heavy atom. The summed E-state index contributed by atoms with van der Waals surface area (Å²) in [4.78, 5) is 27.7. The lowest BCUT2D eigenvalue weighted by Crippen LogP contribution is -2.38. The van der Waals surface area contributed by atoms with Gasteiger partial charge >= 0.3 is 5.97 Å². The van der Waals surface area contributed by atoms with Gasteiger partial charge in [-0.05, 0) is 0 Å². The van der Waals surface area contributed by atoms with Crippen molar-refractivity contribution in [2.45, 2.75) is 0 Å². The molecule has 0 aliphatic carbocycles. The van der Waals surface area contributed by atoms with Gasteiger partial charge in [-0.3, -0.25) is 9.59 Å². The molecular formula is C10H15N3O4. The highest BCUT2D eigenvalue weighted by molar-refractivity contribution is 5.94. The molecule has 0 spiro atoms. The van der Waals surface area contributed by atoms with Crippen LogP contribution in [-0.2, 0) is 16.6 Å². The summed E-state index contributed by atoms with van der Waals surface area (Å²) in [5, 5.41) is 8.74. The summed E-state index contributed by atoms with van der Waals surface area (Å²) in [6.45, 7) is 0.164. The Morgan fingerprint density at radius 1 is 1.59 bits per heavy atom. The SMILES string of the molecule is COCCN(CC(=O)O)C(=O)c1cncn1C. The van der Waals surface area contributed by atoms with E-state index in [0.29, 0.717) is 5.69 Å². The number of hydrogen-bond donors (Lipinski definition) is 1. The molecule has 1 N–H and O–H groups in total. The van der Waals surface area contributed by atoms with E-state index in [2.05, 4.69) is 4.98 Å². The van der Waals surface area contributed by atoms with Crippen LogP contribution in [-0.4, -0.2) is 58.2 Å². The second-order valence-corrected chi connectivity index (χ2v) is 3.50. The third-order valence-electron chi connectivity index (χ3n) is 2.21. The van der Waals surface area contributed by atoms with Gasteiger partial charge in [0.05, 0.1) is 19.1 Å². The van der Waals surface area contributed by atoms with E-state index in [1.165, 1.54) is 24.5 Å². The van der Waals surface area contributed by atoms with Gasteiger partial charge < -0.3 is 19.3 Å². The second-order valence-electron chi connectivity index (χ2n) is 3.50. The Bertz CT molecular complexity index is 402. The van der Waals surface area contributed by atoms with Gasteiger partial charge in [0.1, 0.15) is 12.2 Å². The first-order valence-corrected chi connectivity index (χ1v) is 5.02. The van der Waals surface area contributed by atoms with Crippen LogP contribution in [0.2, 0.25) is 0 Å². The van der Waals surface area contributed by atoms with Gasteiger partial charge in [0, 0.05) is 20.7 Å². The highest BCUT2D eigenvalue weighted by atomic mass is 16.5. The molecule has 1 heterocycles. The first-order valence-electron chi connectivity index (χ1n) is 5.02. The number of carbonyl (C=O) groups excluding carboxylic acids is 1. The fraction of sp³-hybridized carbons (Fsp3) is 0.500. The number of carbonyl (C=O) groups is 2. The predicted molar refractivity (Wildman–Crippen MR) is 58.6 cm³/mol. The third kappa shape index (κ3) is 3.56. The molecule has 0 atom stereocenters. The van der Waals surface area contributed by atoms with Crippen molar-refractivity contribution in [2.24, 2.45) is 7.05 Å². The Labute approximate surface area is 98.6 Å². The minimum absolute atomic E-state index is 0.229. The molecule has 0 aliphatic heterocycles. The second kappa shape index (κ2) is 6.00. The number of ether oxygens (including phenoxy) is 1.